The standard InChI is InChI=1S/C15H20BrNO/c1-10-6-11(2)9-17(8-10)15(18)14-7-13(16)5-4-12(14)3/h4-5,7,10-11H,6,8-9H2,1-3H3. The van der Waals surface area contributed by atoms with Gasteiger partial charge in [-0.2, -0.15) is 0 Å². The molecular weight excluding hydrogens is 290 g/mol. The van der Waals surface area contributed by atoms with Crippen molar-refractivity contribution in [1.29, 1.82) is 0 Å². The van der Waals surface area contributed by atoms with Crippen molar-refractivity contribution in [2.24, 2.45) is 11.8 Å². The van der Waals surface area contributed by atoms with Crippen molar-refractivity contribution in [2.75, 3.05) is 13.1 Å². The number of likely N-dealkylation sites (tertiary alicyclic amines) is 1. The van der Waals surface area contributed by atoms with Crippen molar-refractivity contribution in [1.82, 2.24) is 4.90 Å². The maximum Gasteiger partial charge on any atom is 0.254 e. The Kier molecular flexibility index (Phi) is 4.10. The molecule has 0 radical (unpaired) electrons. The molecule has 0 aliphatic carbocycles. The minimum Gasteiger partial charge on any atom is -0.338 e. The van der Waals surface area contributed by atoms with Gasteiger partial charge < -0.3 is 4.90 Å². The SMILES string of the molecule is Cc1ccc(Br)cc1C(=O)N1CC(C)CC(C)C1. The molecular formula is C15H20BrNO. The van der Waals surface area contributed by atoms with Crippen LogP contribution in [0.1, 0.15) is 36.2 Å². The first-order valence-corrected chi connectivity index (χ1v) is 7.32. The Morgan fingerprint density at radius 3 is 2.50 bits per heavy atom. The van der Waals surface area contributed by atoms with Crippen LogP contribution in [0.25, 0.3) is 0 Å². The second-order valence-corrected chi connectivity index (χ2v) is 6.53. The van der Waals surface area contributed by atoms with Gasteiger partial charge in [0.15, 0.2) is 0 Å². The van der Waals surface area contributed by atoms with Gasteiger partial charge in [-0.25, -0.2) is 0 Å². The Hall–Kier alpha value is -0.830. The molecule has 1 aliphatic rings. The van der Waals surface area contributed by atoms with E-state index in [0.29, 0.717) is 11.8 Å². The predicted molar refractivity (Wildman–Crippen MR) is 77.7 cm³/mol. The molecule has 1 fully saturated rings. The zero-order valence-corrected chi connectivity index (χ0v) is 12.8. The number of rotatable bonds is 1. The number of halogens is 1. The molecule has 18 heavy (non-hydrogen) atoms. The van der Waals surface area contributed by atoms with E-state index in [1.807, 2.05) is 30.0 Å². The average molecular weight is 310 g/mol. The molecule has 0 spiro atoms. The van der Waals surface area contributed by atoms with Gasteiger partial charge in [0.05, 0.1) is 0 Å². The number of aryl methyl sites for hydroxylation is 1. The lowest BCUT2D eigenvalue weighted by molar-refractivity contribution is 0.0622. The van der Waals surface area contributed by atoms with E-state index in [1.165, 1.54) is 6.42 Å². The molecule has 2 rings (SSSR count). The molecule has 2 atom stereocenters. The number of benzene rings is 1. The van der Waals surface area contributed by atoms with E-state index >= 15 is 0 Å². The zero-order valence-electron chi connectivity index (χ0n) is 11.2. The van der Waals surface area contributed by atoms with Gasteiger partial charge in [-0.15, -0.1) is 0 Å². The molecule has 98 valence electrons. The summed E-state index contributed by atoms with van der Waals surface area (Å²) in [7, 11) is 0. The van der Waals surface area contributed by atoms with E-state index < -0.39 is 0 Å². The minimum atomic E-state index is 0.173. The Balaban J connectivity index is 2.22. The number of nitrogens with zero attached hydrogens (tertiary/aromatic N) is 1. The molecule has 0 aromatic heterocycles. The third-order valence-electron chi connectivity index (χ3n) is 3.59. The largest absolute Gasteiger partial charge is 0.338 e. The van der Waals surface area contributed by atoms with Gasteiger partial charge in [0.1, 0.15) is 0 Å². The summed E-state index contributed by atoms with van der Waals surface area (Å²) in [6, 6.07) is 5.91. The molecule has 2 unspecified atom stereocenters. The van der Waals surface area contributed by atoms with Gasteiger partial charge >= 0.3 is 0 Å². The summed E-state index contributed by atoms with van der Waals surface area (Å²) in [5.41, 5.74) is 1.87. The van der Waals surface area contributed by atoms with Crippen molar-refractivity contribution in [3.63, 3.8) is 0 Å². The molecule has 2 nitrogen and oxygen atoms in total. The highest BCUT2D eigenvalue weighted by molar-refractivity contribution is 9.10. The fourth-order valence-corrected chi connectivity index (χ4v) is 3.18. The summed E-state index contributed by atoms with van der Waals surface area (Å²) >= 11 is 3.44. The number of amides is 1. The van der Waals surface area contributed by atoms with Crippen LogP contribution in [-0.2, 0) is 0 Å². The Labute approximate surface area is 117 Å². The fraction of sp³-hybridized carbons (Fsp3) is 0.533. The lowest BCUT2D eigenvalue weighted by atomic mass is 9.91. The third-order valence-corrected chi connectivity index (χ3v) is 4.08. The Morgan fingerprint density at radius 2 is 1.89 bits per heavy atom. The van der Waals surface area contributed by atoms with E-state index in [1.54, 1.807) is 0 Å². The van der Waals surface area contributed by atoms with Crippen LogP contribution in [0.2, 0.25) is 0 Å². The van der Waals surface area contributed by atoms with Crippen LogP contribution >= 0.6 is 15.9 Å². The monoisotopic (exact) mass is 309 g/mol. The molecule has 1 amide bonds. The number of hydrogen-bond acceptors (Lipinski definition) is 1. The Bertz CT molecular complexity index is 448. The summed E-state index contributed by atoms with van der Waals surface area (Å²) in [6.07, 6.45) is 1.22. The van der Waals surface area contributed by atoms with Crippen molar-refractivity contribution in [3.8, 4) is 0 Å². The lowest BCUT2D eigenvalue weighted by Crippen LogP contribution is -2.42. The van der Waals surface area contributed by atoms with E-state index in [-0.39, 0.29) is 5.91 Å². The number of carbonyl (C=O) groups is 1. The number of piperidine rings is 1. The van der Waals surface area contributed by atoms with Gasteiger partial charge in [-0.05, 0) is 42.9 Å². The smallest absolute Gasteiger partial charge is 0.254 e. The van der Waals surface area contributed by atoms with Crippen LogP contribution in [0.4, 0.5) is 0 Å². The number of hydrogen-bond donors (Lipinski definition) is 0. The molecule has 1 aromatic rings. The van der Waals surface area contributed by atoms with Gasteiger partial charge in [0.2, 0.25) is 0 Å². The molecule has 1 aromatic carbocycles. The normalized spacial score (nSPS) is 24.1. The second kappa shape index (κ2) is 5.43. The maximum atomic E-state index is 12.6. The van der Waals surface area contributed by atoms with Crippen molar-refractivity contribution in [3.05, 3.63) is 33.8 Å². The molecule has 1 saturated heterocycles. The highest BCUT2D eigenvalue weighted by atomic mass is 79.9. The van der Waals surface area contributed by atoms with Gasteiger partial charge in [-0.3, -0.25) is 4.79 Å². The summed E-state index contributed by atoms with van der Waals surface area (Å²) in [5.74, 6) is 1.38. The zero-order chi connectivity index (χ0) is 13.3. The quantitative estimate of drug-likeness (QED) is 0.771. The second-order valence-electron chi connectivity index (χ2n) is 5.62. The predicted octanol–water partition coefficient (Wildman–Crippen LogP) is 3.88. The highest BCUT2D eigenvalue weighted by Crippen LogP contribution is 2.24. The summed E-state index contributed by atoms with van der Waals surface area (Å²) in [4.78, 5) is 14.6. The van der Waals surface area contributed by atoms with Crippen LogP contribution in [0.3, 0.4) is 0 Å². The topological polar surface area (TPSA) is 20.3 Å². The summed E-state index contributed by atoms with van der Waals surface area (Å²) in [6.45, 7) is 8.22. The molecule has 1 aliphatic heterocycles. The first-order chi connectivity index (χ1) is 8.47. The van der Waals surface area contributed by atoms with E-state index in [4.69, 9.17) is 0 Å². The first kappa shape index (κ1) is 13.6. The van der Waals surface area contributed by atoms with Crippen LogP contribution in [0, 0.1) is 18.8 Å². The van der Waals surface area contributed by atoms with E-state index in [9.17, 15) is 4.79 Å². The summed E-state index contributed by atoms with van der Waals surface area (Å²) < 4.78 is 0.967. The first-order valence-electron chi connectivity index (χ1n) is 6.52. The molecule has 0 saturated carbocycles. The van der Waals surface area contributed by atoms with Crippen molar-refractivity contribution >= 4 is 21.8 Å². The molecule has 1 heterocycles. The highest BCUT2D eigenvalue weighted by Gasteiger charge is 2.26. The third kappa shape index (κ3) is 2.94. The van der Waals surface area contributed by atoms with E-state index in [2.05, 4.69) is 29.8 Å². The summed E-state index contributed by atoms with van der Waals surface area (Å²) in [5, 5.41) is 0. The fourth-order valence-electron chi connectivity index (χ4n) is 2.82. The lowest BCUT2D eigenvalue weighted by Gasteiger charge is -2.35. The maximum absolute atomic E-state index is 12.6. The molecule has 3 heteroatoms. The van der Waals surface area contributed by atoms with Crippen LogP contribution < -0.4 is 0 Å². The van der Waals surface area contributed by atoms with Crippen LogP contribution in [0.5, 0.6) is 0 Å². The average Bonchev–Trinajstić information content (AvgIpc) is 2.30. The van der Waals surface area contributed by atoms with Gasteiger partial charge in [-0.1, -0.05) is 35.8 Å². The van der Waals surface area contributed by atoms with Gasteiger partial charge in [0, 0.05) is 23.1 Å². The number of carbonyl (C=O) groups excluding carboxylic acids is 1. The molecule has 0 bridgehead atoms. The van der Waals surface area contributed by atoms with Crippen molar-refractivity contribution in [2.45, 2.75) is 27.2 Å². The van der Waals surface area contributed by atoms with Crippen molar-refractivity contribution < 1.29 is 4.79 Å². The Morgan fingerprint density at radius 1 is 1.28 bits per heavy atom. The molecule has 0 N–H and O–H groups in total. The van der Waals surface area contributed by atoms with E-state index in [0.717, 1.165) is 28.7 Å². The van der Waals surface area contributed by atoms with Gasteiger partial charge in [0.25, 0.3) is 5.91 Å². The van der Waals surface area contributed by atoms with Crippen LogP contribution in [0.15, 0.2) is 22.7 Å². The minimum absolute atomic E-state index is 0.173. The van der Waals surface area contributed by atoms with Crippen LogP contribution in [-0.4, -0.2) is 23.9 Å².